The van der Waals surface area contributed by atoms with Gasteiger partial charge in [-0.05, 0) is 36.4 Å². The van der Waals surface area contributed by atoms with E-state index in [1.54, 1.807) is 22.7 Å². The van der Waals surface area contributed by atoms with E-state index in [9.17, 15) is 14.9 Å². The molecular weight excluding hydrogens is 430 g/mol. The van der Waals surface area contributed by atoms with Crippen molar-refractivity contribution in [3.8, 4) is 28.6 Å². The second-order valence-corrected chi connectivity index (χ2v) is 7.11. The van der Waals surface area contributed by atoms with E-state index in [-0.39, 0.29) is 24.9 Å². The number of nitro groups is 1. The van der Waals surface area contributed by atoms with Crippen molar-refractivity contribution >= 4 is 17.2 Å². The van der Waals surface area contributed by atoms with E-state index in [1.807, 2.05) is 12.1 Å². The monoisotopic (exact) mass is 447 g/mol. The smallest absolute Gasteiger partial charge is 0.269 e. The molecule has 1 aliphatic rings. The summed E-state index contributed by atoms with van der Waals surface area (Å²) >= 11 is 0. The highest BCUT2D eigenvalue weighted by Crippen LogP contribution is 2.36. The molecule has 0 spiro atoms. The van der Waals surface area contributed by atoms with Gasteiger partial charge in [-0.1, -0.05) is 0 Å². The zero-order valence-corrected chi connectivity index (χ0v) is 17.3. The summed E-state index contributed by atoms with van der Waals surface area (Å²) in [6, 6.07) is 14.3. The number of aromatic nitrogens is 3. The van der Waals surface area contributed by atoms with Crippen molar-refractivity contribution in [1.82, 2.24) is 19.9 Å². The van der Waals surface area contributed by atoms with Crippen LogP contribution in [0.2, 0.25) is 0 Å². The van der Waals surface area contributed by atoms with Crippen LogP contribution in [0.1, 0.15) is 16.1 Å². The van der Waals surface area contributed by atoms with Crippen LogP contribution in [0, 0.1) is 10.1 Å². The van der Waals surface area contributed by atoms with Crippen LogP contribution in [-0.2, 0) is 6.54 Å². The van der Waals surface area contributed by atoms with E-state index in [1.165, 1.54) is 31.4 Å². The van der Waals surface area contributed by atoms with E-state index >= 15 is 0 Å². The van der Waals surface area contributed by atoms with Crippen molar-refractivity contribution in [3.05, 3.63) is 76.0 Å². The first-order valence-electron chi connectivity index (χ1n) is 9.89. The summed E-state index contributed by atoms with van der Waals surface area (Å²) < 4.78 is 17.7. The lowest BCUT2D eigenvalue weighted by molar-refractivity contribution is -0.384. The van der Waals surface area contributed by atoms with Crippen LogP contribution < -0.4 is 19.5 Å². The molecule has 166 valence electrons. The second-order valence-electron chi connectivity index (χ2n) is 7.11. The molecule has 1 aliphatic heterocycles. The maximum atomic E-state index is 12.7. The Labute approximate surface area is 186 Å². The largest absolute Gasteiger partial charge is 0.480 e. The quantitative estimate of drug-likeness (QED) is 0.353. The molecule has 0 radical (unpaired) electrons. The zero-order chi connectivity index (χ0) is 22.9. The summed E-state index contributed by atoms with van der Waals surface area (Å²) in [6.45, 7) is 0.252. The van der Waals surface area contributed by atoms with Gasteiger partial charge in [0.1, 0.15) is 0 Å². The van der Waals surface area contributed by atoms with Gasteiger partial charge in [0.25, 0.3) is 11.6 Å². The van der Waals surface area contributed by atoms with Crippen molar-refractivity contribution < 1.29 is 23.9 Å². The van der Waals surface area contributed by atoms with Gasteiger partial charge in [0.05, 0.1) is 30.0 Å². The molecule has 1 amide bonds. The average Bonchev–Trinajstić information content (AvgIpc) is 3.45. The molecule has 0 aliphatic carbocycles. The van der Waals surface area contributed by atoms with Crippen molar-refractivity contribution in [2.75, 3.05) is 13.9 Å². The van der Waals surface area contributed by atoms with Crippen LogP contribution in [0.5, 0.6) is 17.4 Å². The number of carbonyl (C=O) groups is 1. The van der Waals surface area contributed by atoms with Gasteiger partial charge in [0, 0.05) is 29.3 Å². The van der Waals surface area contributed by atoms with E-state index in [2.05, 4.69) is 15.4 Å². The summed E-state index contributed by atoms with van der Waals surface area (Å²) in [5, 5.41) is 18.1. The predicted molar refractivity (Wildman–Crippen MR) is 115 cm³/mol. The van der Waals surface area contributed by atoms with Crippen molar-refractivity contribution in [2.24, 2.45) is 0 Å². The number of carbonyl (C=O) groups excluding carboxylic acids is 1. The number of benzene rings is 2. The van der Waals surface area contributed by atoms with Crippen molar-refractivity contribution in [1.29, 1.82) is 0 Å². The van der Waals surface area contributed by atoms with E-state index in [4.69, 9.17) is 14.2 Å². The fraction of sp³-hybridized carbons (Fsp3) is 0.136. The van der Waals surface area contributed by atoms with Gasteiger partial charge >= 0.3 is 0 Å². The molecule has 2 aromatic carbocycles. The Hall–Kier alpha value is -4.67. The summed E-state index contributed by atoms with van der Waals surface area (Å²) in [5.74, 6) is 1.26. The first kappa shape index (κ1) is 20.2. The van der Waals surface area contributed by atoms with Crippen LogP contribution in [0.15, 0.2) is 54.6 Å². The van der Waals surface area contributed by atoms with Gasteiger partial charge in [-0.2, -0.15) is 0 Å². The van der Waals surface area contributed by atoms with Crippen molar-refractivity contribution in [2.45, 2.75) is 6.54 Å². The third-order valence-corrected chi connectivity index (χ3v) is 5.16. The third kappa shape index (κ3) is 3.76. The molecular formula is C22H17N5O6. The number of nitro benzene ring substituents is 1. The predicted octanol–water partition coefficient (Wildman–Crippen LogP) is 2.97. The number of nitrogens with one attached hydrogen (secondary N) is 1. The highest BCUT2D eigenvalue weighted by Gasteiger charge is 2.20. The van der Waals surface area contributed by atoms with Gasteiger partial charge in [-0.15, -0.1) is 5.10 Å². The molecule has 11 nitrogen and oxygen atoms in total. The van der Waals surface area contributed by atoms with Gasteiger partial charge in [-0.3, -0.25) is 14.9 Å². The number of amides is 1. The lowest BCUT2D eigenvalue weighted by atomic mass is 10.1. The molecule has 5 rings (SSSR count). The summed E-state index contributed by atoms with van der Waals surface area (Å²) in [5.41, 5.74) is 2.78. The SMILES string of the molecule is COc1ccc2nc(-c3ccc4c(c3)OCO4)c(CNC(=O)c3ccc([N+](=O)[O-])cc3)n2n1. The molecule has 1 N–H and O–H groups in total. The summed E-state index contributed by atoms with van der Waals surface area (Å²) in [6.07, 6.45) is 0. The fourth-order valence-corrected chi connectivity index (χ4v) is 3.51. The minimum absolute atomic E-state index is 0.0882. The molecule has 0 saturated heterocycles. The minimum Gasteiger partial charge on any atom is -0.480 e. The molecule has 33 heavy (non-hydrogen) atoms. The van der Waals surface area contributed by atoms with Gasteiger partial charge in [0.15, 0.2) is 17.1 Å². The highest BCUT2D eigenvalue weighted by atomic mass is 16.7. The number of methoxy groups -OCH3 is 1. The second kappa shape index (κ2) is 8.11. The van der Waals surface area contributed by atoms with Gasteiger partial charge in [0.2, 0.25) is 12.7 Å². The Balaban J connectivity index is 1.49. The number of imidazole rings is 1. The summed E-state index contributed by atoms with van der Waals surface area (Å²) in [7, 11) is 1.51. The van der Waals surface area contributed by atoms with Gasteiger partial charge in [-0.25, -0.2) is 9.50 Å². The first-order chi connectivity index (χ1) is 16.0. The normalized spacial score (nSPS) is 12.0. The topological polar surface area (TPSA) is 130 Å². The molecule has 4 aromatic rings. The van der Waals surface area contributed by atoms with E-state index < -0.39 is 4.92 Å². The first-order valence-corrected chi connectivity index (χ1v) is 9.89. The summed E-state index contributed by atoms with van der Waals surface area (Å²) in [4.78, 5) is 27.7. The molecule has 0 fully saturated rings. The number of fused-ring (bicyclic) bond motifs is 2. The molecule has 0 bridgehead atoms. The van der Waals surface area contributed by atoms with Crippen LogP contribution in [0.4, 0.5) is 5.69 Å². The number of hydrogen-bond acceptors (Lipinski definition) is 8. The average molecular weight is 447 g/mol. The maximum absolute atomic E-state index is 12.7. The Bertz CT molecular complexity index is 1380. The van der Waals surface area contributed by atoms with E-state index in [0.29, 0.717) is 40.0 Å². The Morgan fingerprint density at radius 1 is 1.15 bits per heavy atom. The Morgan fingerprint density at radius 3 is 2.70 bits per heavy atom. The van der Waals surface area contributed by atoms with Crippen LogP contribution in [-0.4, -0.2) is 39.3 Å². The third-order valence-electron chi connectivity index (χ3n) is 5.16. The fourth-order valence-electron chi connectivity index (χ4n) is 3.51. The molecule has 11 heteroatoms. The van der Waals surface area contributed by atoms with E-state index in [0.717, 1.165) is 5.56 Å². The number of ether oxygens (including phenoxy) is 3. The maximum Gasteiger partial charge on any atom is 0.269 e. The number of nitrogens with zero attached hydrogens (tertiary/aromatic N) is 4. The molecule has 2 aromatic heterocycles. The lowest BCUT2D eigenvalue weighted by Crippen LogP contribution is -2.24. The van der Waals surface area contributed by atoms with Crippen LogP contribution >= 0.6 is 0 Å². The van der Waals surface area contributed by atoms with Gasteiger partial charge < -0.3 is 19.5 Å². The number of non-ortho nitro benzene ring substituents is 1. The highest BCUT2D eigenvalue weighted by molar-refractivity contribution is 5.94. The Morgan fingerprint density at radius 2 is 1.94 bits per heavy atom. The molecule has 0 unspecified atom stereocenters. The lowest BCUT2D eigenvalue weighted by Gasteiger charge is -2.08. The standard InChI is InChI=1S/C22H17N5O6/c1-31-20-9-8-19-24-21(14-4-7-17-18(10-14)33-12-32-17)16(26(19)25-20)11-23-22(28)13-2-5-15(6-3-13)27(29)30/h2-10H,11-12H2,1H3,(H,23,28). The van der Waals surface area contributed by atoms with Crippen LogP contribution in [0.3, 0.4) is 0 Å². The van der Waals surface area contributed by atoms with Crippen molar-refractivity contribution in [3.63, 3.8) is 0 Å². The number of hydrogen-bond donors (Lipinski definition) is 1. The molecule has 3 heterocycles. The Kier molecular flexibility index (Phi) is 4.98. The van der Waals surface area contributed by atoms with Crippen LogP contribution in [0.25, 0.3) is 16.9 Å². The minimum atomic E-state index is -0.517. The number of rotatable bonds is 6. The molecule has 0 atom stereocenters. The molecule has 0 saturated carbocycles. The zero-order valence-electron chi connectivity index (χ0n) is 17.3.